The summed E-state index contributed by atoms with van der Waals surface area (Å²) >= 11 is 1.51. The van der Waals surface area contributed by atoms with Crippen LogP contribution < -0.4 is 5.32 Å². The number of aliphatic hydroxyl groups excluding tert-OH is 1. The molecule has 88 valence electrons. The van der Waals surface area contributed by atoms with E-state index < -0.39 is 0 Å². The maximum absolute atomic E-state index is 11.7. The molecule has 0 unspecified atom stereocenters. The molecule has 3 nitrogen and oxygen atoms in total. The number of thioether (sulfide) groups is 1. The Labute approximate surface area is 100 Å². The number of carbonyl (C=O) groups is 1. The Morgan fingerprint density at radius 1 is 1.38 bits per heavy atom. The van der Waals surface area contributed by atoms with Crippen molar-refractivity contribution in [2.24, 2.45) is 0 Å². The molecule has 0 radical (unpaired) electrons. The highest BCUT2D eigenvalue weighted by Gasteiger charge is 2.15. The molecule has 0 aliphatic rings. The first-order valence-electron chi connectivity index (χ1n) is 5.26. The van der Waals surface area contributed by atoms with E-state index in [0.29, 0.717) is 0 Å². The molecule has 0 bridgehead atoms. The lowest BCUT2D eigenvalue weighted by Crippen LogP contribution is -2.39. The normalized spacial score (nSPS) is 14.2. The van der Waals surface area contributed by atoms with Crippen molar-refractivity contribution in [2.45, 2.75) is 30.0 Å². The van der Waals surface area contributed by atoms with E-state index in [1.165, 1.54) is 11.8 Å². The lowest BCUT2D eigenvalue weighted by molar-refractivity contribution is -0.121. The summed E-state index contributed by atoms with van der Waals surface area (Å²) in [6.45, 7) is 3.60. The summed E-state index contributed by atoms with van der Waals surface area (Å²) < 4.78 is 0. The van der Waals surface area contributed by atoms with Gasteiger partial charge in [0.15, 0.2) is 0 Å². The van der Waals surface area contributed by atoms with Gasteiger partial charge in [0.25, 0.3) is 0 Å². The monoisotopic (exact) mass is 239 g/mol. The maximum Gasteiger partial charge on any atom is 0.233 e. The number of amides is 1. The fourth-order valence-electron chi connectivity index (χ4n) is 1.16. The lowest BCUT2D eigenvalue weighted by atomic mass is 10.3. The summed E-state index contributed by atoms with van der Waals surface area (Å²) in [7, 11) is 0. The van der Waals surface area contributed by atoms with Gasteiger partial charge in [0.1, 0.15) is 0 Å². The number of benzene rings is 1. The molecule has 2 atom stereocenters. The molecule has 0 saturated heterocycles. The Hall–Kier alpha value is -1.00. The molecule has 0 spiro atoms. The van der Waals surface area contributed by atoms with Crippen molar-refractivity contribution >= 4 is 17.7 Å². The second-order valence-electron chi connectivity index (χ2n) is 3.67. The number of carbonyl (C=O) groups excluding carboxylic acids is 1. The van der Waals surface area contributed by atoms with Crippen molar-refractivity contribution in [2.75, 3.05) is 6.61 Å². The van der Waals surface area contributed by atoms with Crippen LogP contribution in [-0.4, -0.2) is 28.9 Å². The molecule has 0 heterocycles. The van der Waals surface area contributed by atoms with Gasteiger partial charge >= 0.3 is 0 Å². The van der Waals surface area contributed by atoms with Gasteiger partial charge in [-0.3, -0.25) is 4.79 Å². The standard InChI is InChI=1S/C12H17NO2S/c1-9(8-14)13-12(15)10(2)16-11-6-4-3-5-7-11/h3-7,9-10,14H,8H2,1-2H3,(H,13,15)/t9-,10-/m1/s1. The molecule has 16 heavy (non-hydrogen) atoms. The third-order valence-corrected chi connectivity index (χ3v) is 3.20. The summed E-state index contributed by atoms with van der Waals surface area (Å²) in [4.78, 5) is 12.7. The molecule has 0 aliphatic carbocycles. The zero-order valence-corrected chi connectivity index (χ0v) is 10.3. The van der Waals surface area contributed by atoms with Crippen molar-refractivity contribution in [3.05, 3.63) is 30.3 Å². The molecular formula is C12H17NO2S. The van der Waals surface area contributed by atoms with Crippen LogP contribution in [0.1, 0.15) is 13.8 Å². The van der Waals surface area contributed by atoms with Crippen LogP contribution in [-0.2, 0) is 4.79 Å². The molecular weight excluding hydrogens is 222 g/mol. The molecule has 0 fully saturated rings. The molecule has 1 rings (SSSR count). The van der Waals surface area contributed by atoms with Crippen molar-refractivity contribution < 1.29 is 9.90 Å². The summed E-state index contributed by atoms with van der Waals surface area (Å²) in [5, 5.41) is 11.4. The van der Waals surface area contributed by atoms with E-state index in [1.54, 1.807) is 6.92 Å². The topological polar surface area (TPSA) is 49.3 Å². The fraction of sp³-hybridized carbons (Fsp3) is 0.417. The van der Waals surface area contributed by atoms with Crippen molar-refractivity contribution in [1.29, 1.82) is 0 Å². The van der Waals surface area contributed by atoms with E-state index >= 15 is 0 Å². The minimum absolute atomic E-state index is 0.0333. The predicted molar refractivity (Wildman–Crippen MR) is 66.5 cm³/mol. The zero-order chi connectivity index (χ0) is 12.0. The first kappa shape index (κ1) is 13.1. The van der Waals surface area contributed by atoms with Gasteiger partial charge < -0.3 is 10.4 Å². The summed E-state index contributed by atoms with van der Waals surface area (Å²) in [6, 6.07) is 9.61. The van der Waals surface area contributed by atoms with Crippen molar-refractivity contribution in [3.8, 4) is 0 Å². The minimum atomic E-state index is -0.189. The van der Waals surface area contributed by atoms with Gasteiger partial charge in [-0.2, -0.15) is 0 Å². The van der Waals surface area contributed by atoms with E-state index in [9.17, 15) is 4.79 Å². The molecule has 0 aromatic heterocycles. The van der Waals surface area contributed by atoms with Gasteiger partial charge in [-0.1, -0.05) is 18.2 Å². The van der Waals surface area contributed by atoms with Crippen LogP contribution in [0.5, 0.6) is 0 Å². The smallest absolute Gasteiger partial charge is 0.233 e. The Balaban J connectivity index is 2.46. The highest BCUT2D eigenvalue weighted by Crippen LogP contribution is 2.22. The summed E-state index contributed by atoms with van der Waals surface area (Å²) in [6.07, 6.45) is 0. The quantitative estimate of drug-likeness (QED) is 0.768. The van der Waals surface area contributed by atoms with Crippen molar-refractivity contribution in [3.63, 3.8) is 0 Å². The largest absolute Gasteiger partial charge is 0.394 e. The lowest BCUT2D eigenvalue weighted by Gasteiger charge is -2.15. The number of aliphatic hydroxyl groups is 1. The third kappa shape index (κ3) is 4.24. The molecule has 1 aromatic carbocycles. The van der Waals surface area contributed by atoms with Gasteiger partial charge in [-0.15, -0.1) is 11.8 Å². The summed E-state index contributed by atoms with van der Waals surface area (Å²) in [5.74, 6) is -0.0459. The number of hydrogen-bond donors (Lipinski definition) is 2. The Kier molecular flexibility index (Phi) is 5.35. The molecule has 2 N–H and O–H groups in total. The van der Waals surface area contributed by atoms with Crippen LogP contribution in [0.4, 0.5) is 0 Å². The zero-order valence-electron chi connectivity index (χ0n) is 9.51. The van der Waals surface area contributed by atoms with E-state index in [4.69, 9.17) is 5.11 Å². The Morgan fingerprint density at radius 3 is 2.56 bits per heavy atom. The number of hydrogen-bond acceptors (Lipinski definition) is 3. The first-order valence-corrected chi connectivity index (χ1v) is 6.14. The van der Waals surface area contributed by atoms with E-state index in [-0.39, 0.29) is 23.8 Å². The highest BCUT2D eigenvalue weighted by molar-refractivity contribution is 8.00. The van der Waals surface area contributed by atoms with Crippen molar-refractivity contribution in [1.82, 2.24) is 5.32 Å². The fourth-order valence-corrected chi connectivity index (χ4v) is 2.06. The average Bonchev–Trinajstić information content (AvgIpc) is 2.30. The minimum Gasteiger partial charge on any atom is -0.394 e. The van der Waals surface area contributed by atoms with Crippen LogP contribution in [0.3, 0.4) is 0 Å². The predicted octanol–water partition coefficient (Wildman–Crippen LogP) is 1.66. The molecule has 4 heteroatoms. The first-order chi connectivity index (χ1) is 7.63. The van der Waals surface area contributed by atoms with Gasteiger partial charge in [0.2, 0.25) is 5.91 Å². The van der Waals surface area contributed by atoms with Crippen LogP contribution in [0, 0.1) is 0 Å². The SMILES string of the molecule is C[C@H](CO)NC(=O)[C@@H](C)Sc1ccccc1. The van der Waals surface area contributed by atoms with E-state index in [1.807, 2.05) is 37.3 Å². The van der Waals surface area contributed by atoms with E-state index in [2.05, 4.69) is 5.32 Å². The van der Waals surface area contributed by atoms with Crippen LogP contribution in [0.25, 0.3) is 0 Å². The Bertz CT molecular complexity index is 329. The number of rotatable bonds is 5. The van der Waals surface area contributed by atoms with Gasteiger partial charge in [0, 0.05) is 10.9 Å². The number of nitrogens with one attached hydrogen (secondary N) is 1. The van der Waals surface area contributed by atoms with Crippen LogP contribution in [0.2, 0.25) is 0 Å². The molecule has 1 amide bonds. The summed E-state index contributed by atoms with van der Waals surface area (Å²) in [5.41, 5.74) is 0. The molecule has 0 saturated carbocycles. The van der Waals surface area contributed by atoms with E-state index in [0.717, 1.165) is 4.90 Å². The van der Waals surface area contributed by atoms with Gasteiger partial charge in [0.05, 0.1) is 11.9 Å². The van der Waals surface area contributed by atoms with Crippen LogP contribution >= 0.6 is 11.8 Å². The molecule has 1 aromatic rings. The van der Waals surface area contributed by atoms with Gasteiger partial charge in [-0.25, -0.2) is 0 Å². The van der Waals surface area contributed by atoms with Gasteiger partial charge in [-0.05, 0) is 26.0 Å². The maximum atomic E-state index is 11.7. The Morgan fingerprint density at radius 2 is 2.00 bits per heavy atom. The second kappa shape index (κ2) is 6.55. The van der Waals surface area contributed by atoms with Crippen LogP contribution in [0.15, 0.2) is 35.2 Å². The average molecular weight is 239 g/mol. The third-order valence-electron chi connectivity index (χ3n) is 2.09. The molecule has 0 aliphatic heterocycles. The highest BCUT2D eigenvalue weighted by atomic mass is 32.2. The second-order valence-corrected chi connectivity index (χ2v) is 5.08.